The normalized spacial score (nSPS) is 16.4. The highest BCUT2D eigenvalue weighted by atomic mass is 31.1. The quantitative estimate of drug-likeness (QED) is 0.380. The Bertz CT molecular complexity index is 1500. The predicted molar refractivity (Wildman–Crippen MR) is 127 cm³/mol. The summed E-state index contributed by atoms with van der Waals surface area (Å²) in [6.07, 6.45) is -3.33. The minimum absolute atomic E-state index is 0.0148. The Balaban J connectivity index is 1.79. The summed E-state index contributed by atoms with van der Waals surface area (Å²) in [5.41, 5.74) is 1.58. The van der Waals surface area contributed by atoms with Gasteiger partial charge in [0.1, 0.15) is 5.82 Å². The number of aryl methyl sites for hydroxylation is 1. The van der Waals surface area contributed by atoms with Gasteiger partial charge in [-0.05, 0) is 26.0 Å². The van der Waals surface area contributed by atoms with Gasteiger partial charge in [0, 0.05) is 11.8 Å². The van der Waals surface area contributed by atoms with Crippen LogP contribution in [-0.4, -0.2) is 27.9 Å². The first kappa shape index (κ1) is 24.5. The highest BCUT2D eigenvalue weighted by Crippen LogP contribution is 2.45. The van der Waals surface area contributed by atoms with Gasteiger partial charge in [0.15, 0.2) is 0 Å². The smallest absolute Gasteiger partial charge is 0.418 e. The number of amides is 1. The van der Waals surface area contributed by atoms with Crippen LogP contribution in [0.2, 0.25) is 0 Å². The number of alkyl halides is 3. The zero-order valence-corrected chi connectivity index (χ0v) is 20.2. The zero-order valence-electron chi connectivity index (χ0n) is 19.3. The van der Waals surface area contributed by atoms with Gasteiger partial charge in [-0.2, -0.15) is 13.2 Å². The largest absolute Gasteiger partial charge is 0.588 e. The number of benzene rings is 2. The molecule has 14 heteroatoms. The fourth-order valence-corrected chi connectivity index (χ4v) is 4.68. The van der Waals surface area contributed by atoms with Crippen LogP contribution in [0.15, 0.2) is 65.1 Å². The van der Waals surface area contributed by atoms with Gasteiger partial charge in [-0.3, -0.25) is 19.7 Å². The van der Waals surface area contributed by atoms with Gasteiger partial charge in [-0.25, -0.2) is 4.98 Å². The van der Waals surface area contributed by atoms with E-state index in [1.54, 1.807) is 44.2 Å². The van der Waals surface area contributed by atoms with Crippen molar-refractivity contribution in [2.45, 2.75) is 20.0 Å². The number of hydrazone groups is 1. The third kappa shape index (κ3) is 4.21. The van der Waals surface area contributed by atoms with Gasteiger partial charge < -0.3 is 14.9 Å². The summed E-state index contributed by atoms with van der Waals surface area (Å²) >= 11 is 0. The summed E-state index contributed by atoms with van der Waals surface area (Å²) in [7, 11) is -3.27. The Hall–Kier alpha value is -4.22. The molecule has 0 aliphatic carbocycles. The average Bonchev–Trinajstić information content (AvgIpc) is 3.46. The molecule has 0 spiro atoms. The summed E-state index contributed by atoms with van der Waals surface area (Å²) in [5.74, 6) is -1.02. The number of carbonyl (C=O) groups is 1. The van der Waals surface area contributed by atoms with Crippen molar-refractivity contribution in [2.75, 3.05) is 16.8 Å². The van der Waals surface area contributed by atoms with Crippen molar-refractivity contribution in [1.29, 1.82) is 0 Å². The lowest BCUT2D eigenvalue weighted by atomic mass is 10.1. The van der Waals surface area contributed by atoms with Crippen LogP contribution in [0.1, 0.15) is 18.2 Å². The molecule has 0 bridgehead atoms. The topological polar surface area (TPSA) is 124 Å². The molecule has 1 aromatic heterocycles. The van der Waals surface area contributed by atoms with Crippen LogP contribution in [0.5, 0.6) is 0 Å². The third-order valence-electron chi connectivity index (χ3n) is 5.58. The molecule has 37 heavy (non-hydrogen) atoms. The maximum Gasteiger partial charge on any atom is 0.418 e. The number of aromatic nitrogens is 2. The number of nitrogens with one attached hydrogen (secondary N) is 2. The van der Waals surface area contributed by atoms with E-state index in [0.29, 0.717) is 11.3 Å². The number of imidazole rings is 1. The second-order valence-electron chi connectivity index (χ2n) is 8.01. The summed E-state index contributed by atoms with van der Waals surface area (Å²) in [5, 5.41) is 6.29. The standard InChI is InChI=1S/C23H18F3N6O4P/c1-3-36-22(37(34)35)20-30-29-19-21(33)28-15-9-14(23(24,25)26)16(10-17(15)32(19)20)31-11-12(2)27-18(31)13-7-5-4-6-8-13/h4-11,30H,3H2,1-2H3,(H,28,33). The van der Waals surface area contributed by atoms with E-state index in [-0.39, 0.29) is 41.2 Å². The zero-order chi connectivity index (χ0) is 26.5. The van der Waals surface area contributed by atoms with Crippen molar-refractivity contribution in [2.24, 2.45) is 5.10 Å². The second-order valence-corrected chi connectivity index (χ2v) is 8.93. The fraction of sp³-hybridized carbons (Fsp3) is 0.174. The van der Waals surface area contributed by atoms with E-state index in [0.717, 1.165) is 11.0 Å². The number of fused-ring (bicyclic) bond motifs is 3. The lowest BCUT2D eigenvalue weighted by molar-refractivity contribution is -0.165. The summed E-state index contributed by atoms with van der Waals surface area (Å²) in [4.78, 5) is 30.1. The van der Waals surface area contributed by atoms with Crippen LogP contribution in [0.25, 0.3) is 17.1 Å². The van der Waals surface area contributed by atoms with E-state index in [2.05, 4.69) is 20.8 Å². The van der Waals surface area contributed by atoms with E-state index in [1.165, 1.54) is 16.8 Å². The number of hydrogen-bond acceptors (Lipinski definition) is 8. The molecule has 3 heterocycles. The van der Waals surface area contributed by atoms with E-state index in [1.807, 2.05) is 0 Å². The van der Waals surface area contributed by atoms with Crippen molar-refractivity contribution in [3.05, 3.63) is 71.2 Å². The second kappa shape index (κ2) is 9.02. The number of rotatable bonds is 5. The molecule has 0 fully saturated rings. The Morgan fingerprint density at radius 1 is 1.19 bits per heavy atom. The van der Waals surface area contributed by atoms with Crippen LogP contribution >= 0.6 is 8.03 Å². The number of halogens is 3. The first-order chi connectivity index (χ1) is 17.6. The van der Waals surface area contributed by atoms with Gasteiger partial charge in [0.05, 0.1) is 34.9 Å². The van der Waals surface area contributed by atoms with Crippen molar-refractivity contribution >= 4 is 31.1 Å². The molecule has 3 aromatic rings. The van der Waals surface area contributed by atoms with Crippen LogP contribution in [0.3, 0.4) is 0 Å². The van der Waals surface area contributed by atoms with Crippen LogP contribution in [0.4, 0.5) is 24.5 Å². The molecular formula is C23H18F3N6O4P. The number of carbonyl (C=O) groups excluding carboxylic acids is 1. The Kier molecular flexibility index (Phi) is 5.97. The Morgan fingerprint density at radius 3 is 2.57 bits per heavy atom. The van der Waals surface area contributed by atoms with Gasteiger partial charge >= 0.3 is 19.7 Å². The molecule has 0 radical (unpaired) electrons. The number of hydrogen-bond donors (Lipinski definition) is 2. The van der Waals surface area contributed by atoms with Crippen molar-refractivity contribution < 1.29 is 32.2 Å². The molecule has 2 aliphatic heterocycles. The molecule has 0 saturated heterocycles. The van der Waals surface area contributed by atoms with Crippen molar-refractivity contribution in [3.8, 4) is 17.1 Å². The van der Waals surface area contributed by atoms with Crippen molar-refractivity contribution in [3.63, 3.8) is 0 Å². The first-order valence-electron chi connectivity index (χ1n) is 10.9. The molecule has 1 atom stereocenters. The molecule has 5 rings (SSSR count). The minimum Gasteiger partial charge on any atom is -0.588 e. The minimum atomic E-state index is -4.80. The fourth-order valence-electron chi connectivity index (χ4n) is 4.13. The van der Waals surface area contributed by atoms with Crippen molar-refractivity contribution in [1.82, 2.24) is 15.0 Å². The molecule has 1 amide bonds. The van der Waals surface area contributed by atoms with E-state index in [9.17, 15) is 27.4 Å². The number of ether oxygens (including phenoxy) is 1. The van der Waals surface area contributed by atoms with E-state index in [4.69, 9.17) is 4.74 Å². The predicted octanol–water partition coefficient (Wildman–Crippen LogP) is 3.81. The lowest BCUT2D eigenvalue weighted by Crippen LogP contribution is -2.42. The van der Waals surface area contributed by atoms with Gasteiger partial charge in [-0.15, -0.1) is 5.10 Å². The molecule has 0 saturated carbocycles. The van der Waals surface area contributed by atoms with Gasteiger partial charge in [0.25, 0.3) is 5.91 Å². The molecule has 2 aromatic carbocycles. The van der Waals surface area contributed by atoms with E-state index < -0.39 is 31.2 Å². The number of amidine groups is 1. The van der Waals surface area contributed by atoms with Crippen LogP contribution < -0.4 is 20.5 Å². The Morgan fingerprint density at radius 2 is 1.92 bits per heavy atom. The lowest BCUT2D eigenvalue weighted by Gasteiger charge is -2.29. The SMILES string of the molecule is CCOC(=C1NN=C2C(=O)Nc3cc(C(F)(F)F)c(-n4cc(C)nc4-c4ccccc4)cc3N21)[P+](=O)[O-]. The monoisotopic (exact) mass is 530 g/mol. The van der Waals surface area contributed by atoms with E-state index >= 15 is 0 Å². The first-order valence-corrected chi connectivity index (χ1v) is 12.1. The maximum atomic E-state index is 14.3. The van der Waals surface area contributed by atoms with Crippen LogP contribution in [0, 0.1) is 6.92 Å². The highest BCUT2D eigenvalue weighted by Gasteiger charge is 2.44. The summed E-state index contributed by atoms with van der Waals surface area (Å²) in [6, 6.07) is 10.7. The number of anilines is 2. The van der Waals surface area contributed by atoms with Gasteiger partial charge in [-0.1, -0.05) is 34.9 Å². The molecular weight excluding hydrogens is 512 g/mol. The molecule has 10 nitrogen and oxygen atoms in total. The highest BCUT2D eigenvalue weighted by molar-refractivity contribution is 7.41. The average molecular weight is 530 g/mol. The summed E-state index contributed by atoms with van der Waals surface area (Å²) < 4.78 is 61.4. The molecule has 2 N–H and O–H groups in total. The third-order valence-corrected chi connectivity index (χ3v) is 6.25. The maximum absolute atomic E-state index is 14.3. The summed E-state index contributed by atoms with van der Waals surface area (Å²) in [6.45, 7) is 3.20. The Labute approximate surface area is 208 Å². The van der Waals surface area contributed by atoms with Crippen LogP contribution in [-0.2, 0) is 20.3 Å². The molecule has 190 valence electrons. The number of nitrogens with zero attached hydrogens (tertiary/aromatic N) is 4. The van der Waals surface area contributed by atoms with Gasteiger partial charge in [0.2, 0.25) is 11.7 Å². The molecule has 2 aliphatic rings. The molecule has 1 unspecified atom stereocenters.